The van der Waals surface area contributed by atoms with Crippen LogP contribution in [-0.2, 0) is 4.79 Å². The number of benzene rings is 1. The first-order chi connectivity index (χ1) is 11.5. The molecule has 1 amide bonds. The van der Waals surface area contributed by atoms with Crippen LogP contribution in [0.2, 0.25) is 0 Å². The molecule has 4 nitrogen and oxygen atoms in total. The quantitative estimate of drug-likeness (QED) is 0.889. The Balaban J connectivity index is 1.79. The summed E-state index contributed by atoms with van der Waals surface area (Å²) < 4.78 is 0. The number of carbonyl (C=O) groups excluding carboxylic acids is 1. The summed E-state index contributed by atoms with van der Waals surface area (Å²) >= 11 is 0. The predicted octanol–water partition coefficient (Wildman–Crippen LogP) is 3.42. The molecule has 1 heterocycles. The highest BCUT2D eigenvalue weighted by molar-refractivity contribution is 5.77. The number of nitrogens with one attached hydrogen (secondary N) is 1. The fraction of sp³-hybridized carbons (Fsp3) is 0.650. The van der Waals surface area contributed by atoms with Crippen LogP contribution >= 0.6 is 0 Å². The number of fused-ring (bicyclic) bond motifs is 1. The molecule has 2 aliphatic rings. The van der Waals surface area contributed by atoms with Crippen molar-refractivity contribution in [3.8, 4) is 0 Å². The molecule has 2 unspecified atom stereocenters. The molecule has 0 spiro atoms. The smallest absolute Gasteiger partial charge is 0.223 e. The van der Waals surface area contributed by atoms with Gasteiger partial charge < -0.3 is 15.3 Å². The zero-order valence-electron chi connectivity index (χ0n) is 14.9. The third-order valence-corrected chi connectivity index (χ3v) is 5.54. The fourth-order valence-corrected chi connectivity index (χ4v) is 4.37. The Morgan fingerprint density at radius 3 is 2.75 bits per heavy atom. The third-order valence-electron chi connectivity index (χ3n) is 5.54. The average Bonchev–Trinajstić information content (AvgIpc) is 2.55. The minimum absolute atomic E-state index is 0.00769. The van der Waals surface area contributed by atoms with Crippen molar-refractivity contribution in [1.82, 2.24) is 4.90 Å². The standard InChI is InChI=1S/C20H30N2O2/c1-15(2)14-19(23)22-13-11-17(21-16-8-4-3-5-9-16)20(24)12-7-6-10-18(20)22/h3-5,8-9,15,17-18,21,24H,6-7,10-14H2,1-2H3/t17?,18?,20-/m0/s1. The highest BCUT2D eigenvalue weighted by Gasteiger charge is 2.51. The molecule has 1 aromatic rings. The second-order valence-electron chi connectivity index (χ2n) is 7.79. The van der Waals surface area contributed by atoms with E-state index >= 15 is 0 Å². The van der Waals surface area contributed by atoms with Crippen LogP contribution in [0, 0.1) is 5.92 Å². The van der Waals surface area contributed by atoms with Crippen molar-refractivity contribution < 1.29 is 9.90 Å². The predicted molar refractivity (Wildman–Crippen MR) is 96.8 cm³/mol. The second kappa shape index (κ2) is 7.14. The van der Waals surface area contributed by atoms with E-state index in [2.05, 4.69) is 19.2 Å². The number of anilines is 1. The first kappa shape index (κ1) is 17.3. The Morgan fingerprint density at radius 1 is 1.29 bits per heavy atom. The third kappa shape index (κ3) is 3.44. The number of rotatable bonds is 4. The molecule has 0 bridgehead atoms. The lowest BCUT2D eigenvalue weighted by Crippen LogP contribution is -2.68. The number of para-hydroxylation sites is 1. The van der Waals surface area contributed by atoms with E-state index in [1.54, 1.807) is 0 Å². The summed E-state index contributed by atoms with van der Waals surface area (Å²) in [5.74, 6) is 0.558. The summed E-state index contributed by atoms with van der Waals surface area (Å²) in [4.78, 5) is 14.6. The van der Waals surface area contributed by atoms with Gasteiger partial charge in [0, 0.05) is 18.7 Å². The van der Waals surface area contributed by atoms with E-state index in [4.69, 9.17) is 0 Å². The molecule has 2 N–H and O–H groups in total. The van der Waals surface area contributed by atoms with Gasteiger partial charge >= 0.3 is 0 Å². The highest BCUT2D eigenvalue weighted by atomic mass is 16.3. The first-order valence-corrected chi connectivity index (χ1v) is 9.34. The van der Waals surface area contributed by atoms with Gasteiger partial charge in [-0.25, -0.2) is 0 Å². The molecule has 0 aromatic heterocycles. The van der Waals surface area contributed by atoms with Crippen LogP contribution in [0.1, 0.15) is 52.4 Å². The van der Waals surface area contributed by atoms with Gasteiger partial charge in [-0.1, -0.05) is 44.9 Å². The summed E-state index contributed by atoms with van der Waals surface area (Å²) in [7, 11) is 0. The largest absolute Gasteiger partial charge is 0.386 e. The maximum atomic E-state index is 12.7. The molecule has 132 valence electrons. The van der Waals surface area contributed by atoms with E-state index in [1.165, 1.54) is 0 Å². The van der Waals surface area contributed by atoms with Crippen molar-refractivity contribution >= 4 is 11.6 Å². The number of aliphatic hydroxyl groups is 1. The summed E-state index contributed by atoms with van der Waals surface area (Å²) in [6, 6.07) is 10.0. The van der Waals surface area contributed by atoms with Crippen molar-refractivity contribution in [1.29, 1.82) is 0 Å². The lowest BCUT2D eigenvalue weighted by atomic mass is 9.71. The van der Waals surface area contributed by atoms with Gasteiger partial charge in [0.05, 0.1) is 12.1 Å². The van der Waals surface area contributed by atoms with Crippen molar-refractivity contribution in [3.05, 3.63) is 30.3 Å². The molecule has 3 rings (SSSR count). The molecule has 1 saturated heterocycles. The summed E-state index contributed by atoms with van der Waals surface area (Å²) in [6.07, 6.45) is 5.18. The topological polar surface area (TPSA) is 52.6 Å². The minimum Gasteiger partial charge on any atom is -0.386 e. The van der Waals surface area contributed by atoms with Crippen molar-refractivity contribution in [2.75, 3.05) is 11.9 Å². The van der Waals surface area contributed by atoms with E-state index in [0.29, 0.717) is 12.3 Å². The van der Waals surface area contributed by atoms with E-state index in [-0.39, 0.29) is 18.0 Å². The number of carbonyl (C=O) groups is 1. The molecular formula is C20H30N2O2. The molecule has 1 aromatic carbocycles. The molecule has 1 aliphatic heterocycles. The zero-order chi connectivity index (χ0) is 17.2. The van der Waals surface area contributed by atoms with Gasteiger partial charge in [0.2, 0.25) is 5.91 Å². The van der Waals surface area contributed by atoms with Crippen molar-refractivity contribution in [2.24, 2.45) is 5.92 Å². The van der Waals surface area contributed by atoms with E-state index in [9.17, 15) is 9.90 Å². The Kier molecular flexibility index (Phi) is 5.14. The zero-order valence-corrected chi connectivity index (χ0v) is 14.9. The number of amides is 1. The van der Waals surface area contributed by atoms with Crippen LogP contribution < -0.4 is 5.32 Å². The maximum absolute atomic E-state index is 12.7. The molecule has 3 atom stereocenters. The Labute approximate surface area is 145 Å². The molecule has 1 saturated carbocycles. The Morgan fingerprint density at radius 2 is 2.04 bits per heavy atom. The van der Waals surface area contributed by atoms with Crippen LogP contribution in [0.3, 0.4) is 0 Å². The monoisotopic (exact) mass is 330 g/mol. The SMILES string of the molecule is CC(C)CC(=O)N1CCC(Nc2ccccc2)[C@@]2(O)CCCCC12. The summed E-state index contributed by atoms with van der Waals surface area (Å²) in [6.45, 7) is 4.90. The normalized spacial score (nSPS) is 30.1. The molecule has 0 radical (unpaired) electrons. The van der Waals surface area contributed by atoms with Crippen LogP contribution in [-0.4, -0.2) is 40.1 Å². The van der Waals surface area contributed by atoms with Gasteiger partial charge in [0.1, 0.15) is 5.60 Å². The summed E-state index contributed by atoms with van der Waals surface area (Å²) in [5, 5.41) is 15.0. The number of nitrogens with zero attached hydrogens (tertiary/aromatic N) is 1. The Bertz CT molecular complexity index is 560. The minimum atomic E-state index is -0.820. The lowest BCUT2D eigenvalue weighted by Gasteiger charge is -2.54. The molecular weight excluding hydrogens is 300 g/mol. The van der Waals surface area contributed by atoms with Crippen LogP contribution in [0.15, 0.2) is 30.3 Å². The number of likely N-dealkylation sites (tertiary alicyclic amines) is 1. The van der Waals surface area contributed by atoms with Crippen molar-refractivity contribution in [3.63, 3.8) is 0 Å². The van der Waals surface area contributed by atoms with Gasteiger partial charge in [-0.15, -0.1) is 0 Å². The number of hydrogen-bond donors (Lipinski definition) is 2. The van der Waals surface area contributed by atoms with Crippen LogP contribution in [0.4, 0.5) is 5.69 Å². The maximum Gasteiger partial charge on any atom is 0.223 e. The second-order valence-corrected chi connectivity index (χ2v) is 7.79. The average molecular weight is 330 g/mol. The highest BCUT2D eigenvalue weighted by Crippen LogP contribution is 2.40. The lowest BCUT2D eigenvalue weighted by molar-refractivity contribution is -0.154. The van der Waals surface area contributed by atoms with Gasteiger partial charge in [0.25, 0.3) is 0 Å². The number of piperidine rings is 1. The molecule has 24 heavy (non-hydrogen) atoms. The van der Waals surface area contributed by atoms with Crippen molar-refractivity contribution in [2.45, 2.75) is 70.1 Å². The van der Waals surface area contributed by atoms with Gasteiger partial charge in [0.15, 0.2) is 0 Å². The fourth-order valence-electron chi connectivity index (χ4n) is 4.37. The molecule has 2 fully saturated rings. The first-order valence-electron chi connectivity index (χ1n) is 9.34. The van der Waals surface area contributed by atoms with E-state index in [1.807, 2.05) is 35.2 Å². The Hall–Kier alpha value is -1.55. The van der Waals surface area contributed by atoms with Crippen LogP contribution in [0.25, 0.3) is 0 Å². The van der Waals surface area contributed by atoms with Crippen LogP contribution in [0.5, 0.6) is 0 Å². The summed E-state index contributed by atoms with van der Waals surface area (Å²) in [5.41, 5.74) is 0.223. The van der Waals surface area contributed by atoms with Gasteiger partial charge in [-0.3, -0.25) is 4.79 Å². The number of hydrogen-bond acceptors (Lipinski definition) is 3. The van der Waals surface area contributed by atoms with Gasteiger partial charge in [-0.05, 0) is 37.3 Å². The van der Waals surface area contributed by atoms with Gasteiger partial charge in [-0.2, -0.15) is 0 Å². The van der Waals surface area contributed by atoms with E-state index < -0.39 is 5.60 Å². The molecule has 1 aliphatic carbocycles. The molecule has 4 heteroatoms. The van der Waals surface area contributed by atoms with E-state index in [0.717, 1.165) is 44.3 Å².